The van der Waals surface area contributed by atoms with Gasteiger partial charge < -0.3 is 14.2 Å². The monoisotopic (exact) mass is 344 g/mol. The summed E-state index contributed by atoms with van der Waals surface area (Å²) in [5.41, 5.74) is 3.77. The van der Waals surface area contributed by atoms with E-state index in [1.54, 1.807) is 0 Å². The van der Waals surface area contributed by atoms with Crippen molar-refractivity contribution in [2.75, 3.05) is 27.2 Å². The van der Waals surface area contributed by atoms with E-state index in [0.717, 1.165) is 18.8 Å². The predicted octanol–water partition coefficient (Wildman–Crippen LogP) is 4.78. The highest BCUT2D eigenvalue weighted by Crippen LogP contribution is 2.36. The van der Waals surface area contributed by atoms with Crippen LogP contribution in [0.4, 0.5) is 0 Å². The first-order chi connectivity index (χ1) is 12.7. The number of rotatable bonds is 6. The Morgan fingerprint density at radius 2 is 1.54 bits per heavy atom. The number of hydrogen-bond donors (Lipinski definition) is 0. The fourth-order valence-corrected chi connectivity index (χ4v) is 3.46. The van der Waals surface area contributed by atoms with Crippen LogP contribution in [0.15, 0.2) is 72.8 Å². The van der Waals surface area contributed by atoms with Gasteiger partial charge in [0.05, 0.1) is 5.52 Å². The highest BCUT2D eigenvalue weighted by molar-refractivity contribution is 6.11. The number of benzene rings is 3. The molecular weight excluding hydrogens is 320 g/mol. The minimum absolute atomic E-state index is 0.685. The van der Waals surface area contributed by atoms with Gasteiger partial charge in [0.25, 0.3) is 0 Å². The lowest BCUT2D eigenvalue weighted by atomic mass is 10.1. The maximum atomic E-state index is 6.15. The van der Waals surface area contributed by atoms with Gasteiger partial charge >= 0.3 is 0 Å². The number of likely N-dealkylation sites (N-methyl/N-ethyl adjacent to an activating group) is 1. The molecule has 4 rings (SSSR count). The number of ether oxygens (including phenoxy) is 1. The second-order valence-electron chi connectivity index (χ2n) is 6.89. The molecule has 26 heavy (non-hydrogen) atoms. The molecule has 0 N–H and O–H groups in total. The topological polar surface area (TPSA) is 17.4 Å². The van der Waals surface area contributed by atoms with E-state index in [2.05, 4.69) is 96.4 Å². The summed E-state index contributed by atoms with van der Waals surface area (Å²) in [4.78, 5) is 2.14. The Bertz CT molecular complexity index is 1020. The van der Waals surface area contributed by atoms with Gasteiger partial charge in [0, 0.05) is 29.4 Å². The summed E-state index contributed by atoms with van der Waals surface area (Å²) in [7, 11) is 4.13. The molecule has 0 unspecified atom stereocenters. The number of para-hydroxylation sites is 1. The van der Waals surface area contributed by atoms with Gasteiger partial charge in [-0.1, -0.05) is 54.6 Å². The van der Waals surface area contributed by atoms with Crippen molar-refractivity contribution in [3.63, 3.8) is 0 Å². The lowest BCUT2D eigenvalue weighted by Crippen LogP contribution is -2.19. The molecule has 3 aromatic carbocycles. The molecule has 0 amide bonds. The molecule has 0 radical (unpaired) electrons. The molecule has 132 valence electrons. The van der Waals surface area contributed by atoms with Crippen molar-refractivity contribution in [2.45, 2.75) is 6.54 Å². The first kappa shape index (κ1) is 16.7. The Morgan fingerprint density at radius 3 is 2.35 bits per heavy atom. The van der Waals surface area contributed by atoms with Gasteiger partial charge in [-0.05, 0) is 37.9 Å². The van der Waals surface area contributed by atoms with Crippen LogP contribution in [0.5, 0.6) is 5.75 Å². The van der Waals surface area contributed by atoms with Crippen LogP contribution in [0, 0.1) is 0 Å². The van der Waals surface area contributed by atoms with Crippen LogP contribution in [0.2, 0.25) is 0 Å². The van der Waals surface area contributed by atoms with Crippen molar-refractivity contribution >= 4 is 21.8 Å². The van der Waals surface area contributed by atoms with Crippen molar-refractivity contribution in [3.8, 4) is 5.75 Å². The quantitative estimate of drug-likeness (QED) is 0.501. The fraction of sp³-hybridized carbons (Fsp3) is 0.217. The standard InChI is InChI=1S/C23H24N2O/c1-24(2)15-16-26-22-14-8-13-21-23(22)19-11-6-7-12-20(19)25(21)17-18-9-4-3-5-10-18/h3-14H,15-17H2,1-2H3. The Labute approximate surface area is 154 Å². The summed E-state index contributed by atoms with van der Waals surface area (Å²) in [6, 6.07) is 25.6. The van der Waals surface area contributed by atoms with Crippen LogP contribution in [0.1, 0.15) is 5.56 Å². The van der Waals surface area contributed by atoms with Gasteiger partial charge in [-0.25, -0.2) is 0 Å². The highest BCUT2D eigenvalue weighted by Gasteiger charge is 2.14. The zero-order chi connectivity index (χ0) is 17.9. The highest BCUT2D eigenvalue weighted by atomic mass is 16.5. The van der Waals surface area contributed by atoms with E-state index in [9.17, 15) is 0 Å². The Balaban J connectivity index is 1.83. The number of aromatic nitrogens is 1. The number of fused-ring (bicyclic) bond motifs is 3. The average molecular weight is 344 g/mol. The van der Waals surface area contributed by atoms with Gasteiger partial charge in [0.2, 0.25) is 0 Å². The van der Waals surface area contributed by atoms with Gasteiger partial charge in [-0.15, -0.1) is 0 Å². The van der Waals surface area contributed by atoms with Crippen LogP contribution in [-0.2, 0) is 6.54 Å². The molecule has 0 spiro atoms. The largest absolute Gasteiger partial charge is 0.492 e. The number of hydrogen-bond acceptors (Lipinski definition) is 2. The van der Waals surface area contributed by atoms with Crippen molar-refractivity contribution in [3.05, 3.63) is 78.4 Å². The molecule has 0 aliphatic heterocycles. The third kappa shape index (κ3) is 3.18. The predicted molar refractivity (Wildman–Crippen MR) is 109 cm³/mol. The summed E-state index contributed by atoms with van der Waals surface area (Å²) < 4.78 is 8.53. The van der Waals surface area contributed by atoms with Crippen molar-refractivity contribution < 1.29 is 4.74 Å². The minimum Gasteiger partial charge on any atom is -0.492 e. The summed E-state index contributed by atoms with van der Waals surface area (Å²) >= 11 is 0. The van der Waals surface area contributed by atoms with E-state index in [4.69, 9.17) is 4.74 Å². The summed E-state index contributed by atoms with van der Waals surface area (Å²) in [6.45, 7) is 2.44. The second-order valence-corrected chi connectivity index (χ2v) is 6.89. The Morgan fingerprint density at radius 1 is 0.808 bits per heavy atom. The molecule has 3 nitrogen and oxygen atoms in total. The molecule has 0 bridgehead atoms. The molecule has 1 aromatic heterocycles. The van der Waals surface area contributed by atoms with Gasteiger partial charge in [-0.2, -0.15) is 0 Å². The lowest BCUT2D eigenvalue weighted by molar-refractivity contribution is 0.264. The maximum absolute atomic E-state index is 6.15. The van der Waals surface area contributed by atoms with Crippen LogP contribution in [0.3, 0.4) is 0 Å². The minimum atomic E-state index is 0.685. The van der Waals surface area contributed by atoms with Gasteiger partial charge in [0.15, 0.2) is 0 Å². The zero-order valence-electron chi connectivity index (χ0n) is 15.4. The first-order valence-corrected chi connectivity index (χ1v) is 9.05. The van der Waals surface area contributed by atoms with Crippen LogP contribution < -0.4 is 4.74 Å². The third-order valence-electron chi connectivity index (χ3n) is 4.74. The molecule has 0 saturated carbocycles. The summed E-state index contributed by atoms with van der Waals surface area (Å²) in [5, 5.41) is 2.46. The summed E-state index contributed by atoms with van der Waals surface area (Å²) in [6.07, 6.45) is 0. The molecular formula is C23H24N2O. The zero-order valence-corrected chi connectivity index (χ0v) is 15.4. The van der Waals surface area contributed by atoms with E-state index in [0.29, 0.717) is 6.61 Å². The van der Waals surface area contributed by atoms with E-state index in [-0.39, 0.29) is 0 Å². The van der Waals surface area contributed by atoms with Crippen LogP contribution in [0.25, 0.3) is 21.8 Å². The molecule has 0 atom stereocenters. The fourth-order valence-electron chi connectivity index (χ4n) is 3.46. The van der Waals surface area contributed by atoms with Crippen molar-refractivity contribution in [1.82, 2.24) is 9.47 Å². The van der Waals surface area contributed by atoms with Crippen LogP contribution >= 0.6 is 0 Å². The van der Waals surface area contributed by atoms with E-state index in [1.165, 1.54) is 27.4 Å². The normalized spacial score (nSPS) is 11.5. The van der Waals surface area contributed by atoms with Crippen molar-refractivity contribution in [2.24, 2.45) is 0 Å². The molecule has 0 aliphatic rings. The first-order valence-electron chi connectivity index (χ1n) is 9.05. The molecule has 0 aliphatic carbocycles. The van der Waals surface area contributed by atoms with E-state index < -0.39 is 0 Å². The molecule has 3 heteroatoms. The summed E-state index contributed by atoms with van der Waals surface area (Å²) in [5.74, 6) is 0.965. The van der Waals surface area contributed by atoms with Crippen LogP contribution in [-0.4, -0.2) is 36.7 Å². The smallest absolute Gasteiger partial charge is 0.129 e. The van der Waals surface area contributed by atoms with Gasteiger partial charge in [-0.3, -0.25) is 0 Å². The Kier molecular flexibility index (Phi) is 4.63. The second kappa shape index (κ2) is 7.22. The maximum Gasteiger partial charge on any atom is 0.129 e. The van der Waals surface area contributed by atoms with E-state index in [1.807, 2.05) is 0 Å². The number of nitrogens with zero attached hydrogens (tertiary/aromatic N) is 2. The molecule has 1 heterocycles. The Hall–Kier alpha value is -2.78. The third-order valence-corrected chi connectivity index (χ3v) is 4.74. The van der Waals surface area contributed by atoms with E-state index >= 15 is 0 Å². The lowest BCUT2D eigenvalue weighted by Gasteiger charge is -2.12. The molecule has 0 fully saturated rings. The SMILES string of the molecule is CN(C)CCOc1cccc2c1c1ccccc1n2Cc1ccccc1. The molecule has 0 saturated heterocycles. The van der Waals surface area contributed by atoms with Crippen molar-refractivity contribution in [1.29, 1.82) is 0 Å². The molecule has 4 aromatic rings. The average Bonchev–Trinajstić information content (AvgIpc) is 2.97. The van der Waals surface area contributed by atoms with Gasteiger partial charge in [0.1, 0.15) is 12.4 Å².